The summed E-state index contributed by atoms with van der Waals surface area (Å²) in [6.45, 7) is -0.470. The van der Waals surface area contributed by atoms with Crippen LogP contribution in [0.15, 0.2) is 18.2 Å². The molecule has 0 bridgehead atoms. The maximum absolute atomic E-state index is 12.3. The van der Waals surface area contributed by atoms with E-state index in [4.69, 9.17) is 17.3 Å². The van der Waals surface area contributed by atoms with Crippen LogP contribution in [0.4, 0.5) is 14.7 Å². The van der Waals surface area contributed by atoms with Crippen LogP contribution >= 0.6 is 11.6 Å². The third-order valence-corrected chi connectivity index (χ3v) is 2.38. The first-order valence-electron chi connectivity index (χ1n) is 4.28. The number of nitrogen functional groups attached to an aromatic ring is 1. The Balaban J connectivity index is 2.63. The smallest absolute Gasteiger partial charge is 0.256 e. The van der Waals surface area contributed by atoms with Gasteiger partial charge in [-0.2, -0.15) is 0 Å². The molecule has 80 valence electrons. The van der Waals surface area contributed by atoms with Gasteiger partial charge in [-0.15, -0.1) is 0 Å². The van der Waals surface area contributed by atoms with E-state index >= 15 is 0 Å². The monoisotopic (exact) mass is 231 g/mol. The average molecular weight is 232 g/mol. The van der Waals surface area contributed by atoms with E-state index in [0.717, 1.165) is 0 Å². The highest BCUT2D eigenvalue weighted by molar-refractivity contribution is 6.35. The molecule has 2 N–H and O–H groups in total. The molecule has 0 amide bonds. The van der Waals surface area contributed by atoms with E-state index in [9.17, 15) is 8.78 Å². The van der Waals surface area contributed by atoms with Crippen LogP contribution < -0.4 is 5.73 Å². The molecule has 3 nitrogen and oxygen atoms in total. The Labute approximate surface area is 89.5 Å². The van der Waals surface area contributed by atoms with Gasteiger partial charge < -0.3 is 10.3 Å². The number of imidazole rings is 1. The second-order valence-electron chi connectivity index (χ2n) is 3.08. The second kappa shape index (κ2) is 3.66. The third kappa shape index (κ3) is 1.74. The number of hydrogen-bond donors (Lipinski definition) is 1. The Morgan fingerprint density at radius 2 is 2.20 bits per heavy atom. The lowest BCUT2D eigenvalue weighted by atomic mass is 10.3. The predicted molar refractivity (Wildman–Crippen MR) is 55.2 cm³/mol. The summed E-state index contributed by atoms with van der Waals surface area (Å²) >= 11 is 5.86. The van der Waals surface area contributed by atoms with Crippen LogP contribution in [-0.2, 0) is 6.54 Å². The molecule has 0 atom stereocenters. The van der Waals surface area contributed by atoms with Gasteiger partial charge in [0, 0.05) is 0 Å². The highest BCUT2D eigenvalue weighted by Gasteiger charge is 2.13. The maximum atomic E-state index is 12.3. The van der Waals surface area contributed by atoms with E-state index < -0.39 is 13.0 Å². The number of benzene rings is 1. The van der Waals surface area contributed by atoms with Crippen molar-refractivity contribution in [1.29, 1.82) is 0 Å². The summed E-state index contributed by atoms with van der Waals surface area (Å²) in [5.41, 5.74) is 6.51. The zero-order valence-electron chi connectivity index (χ0n) is 7.62. The summed E-state index contributed by atoms with van der Waals surface area (Å²) in [7, 11) is 0. The number of nitrogens with two attached hydrogens (primary N) is 1. The van der Waals surface area contributed by atoms with Crippen molar-refractivity contribution in [1.82, 2.24) is 9.55 Å². The van der Waals surface area contributed by atoms with Crippen molar-refractivity contribution in [2.24, 2.45) is 0 Å². The third-order valence-electron chi connectivity index (χ3n) is 2.08. The van der Waals surface area contributed by atoms with Crippen molar-refractivity contribution in [3.05, 3.63) is 23.2 Å². The molecule has 0 saturated carbocycles. The van der Waals surface area contributed by atoms with E-state index in [0.29, 0.717) is 16.1 Å². The number of nitrogens with zero attached hydrogens (tertiary/aromatic N) is 2. The van der Waals surface area contributed by atoms with Crippen LogP contribution in [0.1, 0.15) is 0 Å². The van der Waals surface area contributed by atoms with Gasteiger partial charge in [-0.1, -0.05) is 17.7 Å². The van der Waals surface area contributed by atoms with E-state index in [1.165, 1.54) is 4.57 Å². The van der Waals surface area contributed by atoms with Crippen LogP contribution in [0.5, 0.6) is 0 Å². The molecule has 2 rings (SSSR count). The minimum Gasteiger partial charge on any atom is -0.369 e. The van der Waals surface area contributed by atoms with E-state index in [1.807, 2.05) is 0 Å². The average Bonchev–Trinajstić information content (AvgIpc) is 2.45. The molecule has 0 aliphatic rings. The SMILES string of the molecule is Nc1nc2c(Cl)cccc2n1CC(F)F. The number of rotatable bonds is 2. The Morgan fingerprint density at radius 3 is 2.87 bits per heavy atom. The summed E-state index contributed by atoms with van der Waals surface area (Å²) in [5, 5.41) is 0.409. The molecular formula is C9H8ClF2N3. The first-order valence-corrected chi connectivity index (χ1v) is 4.65. The zero-order chi connectivity index (χ0) is 11.0. The molecule has 0 aliphatic carbocycles. The Kier molecular flexibility index (Phi) is 2.48. The van der Waals surface area contributed by atoms with Gasteiger partial charge in [-0.3, -0.25) is 0 Å². The summed E-state index contributed by atoms with van der Waals surface area (Å²) in [4.78, 5) is 3.94. The molecule has 0 unspecified atom stereocenters. The number of alkyl halides is 2. The number of aromatic nitrogens is 2. The normalized spacial score (nSPS) is 11.5. The van der Waals surface area contributed by atoms with Gasteiger partial charge in [0.2, 0.25) is 5.95 Å². The Hall–Kier alpha value is -1.36. The number of halogens is 3. The predicted octanol–water partition coefficient (Wildman–Crippen LogP) is 2.54. The molecule has 2 aromatic rings. The number of anilines is 1. The Morgan fingerprint density at radius 1 is 1.47 bits per heavy atom. The lowest BCUT2D eigenvalue weighted by Crippen LogP contribution is -2.09. The molecule has 0 fully saturated rings. The highest BCUT2D eigenvalue weighted by Crippen LogP contribution is 2.25. The van der Waals surface area contributed by atoms with Gasteiger partial charge in [0.1, 0.15) is 5.52 Å². The molecule has 0 aliphatic heterocycles. The fourth-order valence-corrected chi connectivity index (χ4v) is 1.67. The molecule has 6 heteroatoms. The van der Waals surface area contributed by atoms with Gasteiger partial charge in [0.15, 0.2) is 0 Å². The van der Waals surface area contributed by atoms with Crippen molar-refractivity contribution < 1.29 is 8.78 Å². The van der Waals surface area contributed by atoms with Gasteiger partial charge in [-0.05, 0) is 12.1 Å². The number of fused-ring (bicyclic) bond motifs is 1. The fraction of sp³-hybridized carbons (Fsp3) is 0.222. The summed E-state index contributed by atoms with van der Waals surface area (Å²) in [6.07, 6.45) is -2.47. The number of hydrogen-bond acceptors (Lipinski definition) is 2. The zero-order valence-corrected chi connectivity index (χ0v) is 8.38. The minimum absolute atomic E-state index is 0.0541. The van der Waals surface area contributed by atoms with Gasteiger partial charge in [-0.25, -0.2) is 13.8 Å². The van der Waals surface area contributed by atoms with Crippen molar-refractivity contribution in [3.63, 3.8) is 0 Å². The van der Waals surface area contributed by atoms with Crippen LogP contribution in [0.25, 0.3) is 11.0 Å². The van der Waals surface area contributed by atoms with E-state index in [-0.39, 0.29) is 5.95 Å². The molecule has 1 aromatic carbocycles. The van der Waals surface area contributed by atoms with Crippen molar-refractivity contribution in [2.75, 3.05) is 5.73 Å². The fourth-order valence-electron chi connectivity index (χ4n) is 1.46. The minimum atomic E-state index is -2.47. The van der Waals surface area contributed by atoms with Crippen LogP contribution in [0.2, 0.25) is 5.02 Å². The largest absolute Gasteiger partial charge is 0.369 e. The molecule has 0 radical (unpaired) electrons. The quantitative estimate of drug-likeness (QED) is 0.863. The molecular weight excluding hydrogens is 224 g/mol. The topological polar surface area (TPSA) is 43.8 Å². The van der Waals surface area contributed by atoms with Crippen molar-refractivity contribution in [2.45, 2.75) is 13.0 Å². The van der Waals surface area contributed by atoms with E-state index in [1.54, 1.807) is 18.2 Å². The Bertz CT molecular complexity index is 495. The lowest BCUT2D eigenvalue weighted by Gasteiger charge is -2.04. The summed E-state index contributed by atoms with van der Waals surface area (Å²) < 4.78 is 25.8. The van der Waals surface area contributed by atoms with Gasteiger partial charge in [0.05, 0.1) is 17.1 Å². The summed E-state index contributed by atoms with van der Waals surface area (Å²) in [5.74, 6) is 0.0541. The van der Waals surface area contributed by atoms with Gasteiger partial charge >= 0.3 is 0 Å². The van der Waals surface area contributed by atoms with Gasteiger partial charge in [0.25, 0.3) is 6.43 Å². The number of para-hydroxylation sites is 1. The second-order valence-corrected chi connectivity index (χ2v) is 3.49. The van der Waals surface area contributed by atoms with Crippen LogP contribution in [0, 0.1) is 0 Å². The lowest BCUT2D eigenvalue weighted by molar-refractivity contribution is 0.128. The first-order chi connectivity index (χ1) is 7.09. The van der Waals surface area contributed by atoms with E-state index in [2.05, 4.69) is 4.98 Å². The van der Waals surface area contributed by atoms with Crippen LogP contribution in [-0.4, -0.2) is 16.0 Å². The maximum Gasteiger partial charge on any atom is 0.256 e. The molecule has 0 saturated heterocycles. The molecule has 1 heterocycles. The van der Waals surface area contributed by atoms with Crippen molar-refractivity contribution >= 4 is 28.6 Å². The highest BCUT2D eigenvalue weighted by atomic mass is 35.5. The summed E-state index contributed by atoms with van der Waals surface area (Å²) in [6, 6.07) is 4.98. The van der Waals surface area contributed by atoms with Crippen molar-refractivity contribution in [3.8, 4) is 0 Å². The molecule has 15 heavy (non-hydrogen) atoms. The first kappa shape index (κ1) is 10.2. The standard InChI is InChI=1S/C9H8ClF2N3/c10-5-2-1-3-6-8(5)14-9(13)15(6)4-7(11)12/h1-3,7H,4H2,(H2,13,14). The molecule has 1 aromatic heterocycles. The van der Waals surface area contributed by atoms with Crippen LogP contribution in [0.3, 0.4) is 0 Å². The molecule has 0 spiro atoms.